The van der Waals surface area contributed by atoms with Gasteiger partial charge in [-0.25, -0.2) is 8.78 Å². The highest BCUT2D eigenvalue weighted by Gasteiger charge is 2.10. The Labute approximate surface area is 94.4 Å². The number of halogens is 2. The van der Waals surface area contributed by atoms with Crippen LogP contribution in [0.15, 0.2) is 18.2 Å². The lowest BCUT2D eigenvalue weighted by Gasteiger charge is -2.14. The van der Waals surface area contributed by atoms with Crippen LogP contribution >= 0.6 is 0 Å². The first-order valence-corrected chi connectivity index (χ1v) is 5.30. The minimum atomic E-state index is -0.576. The molecule has 2 nitrogen and oxygen atoms in total. The summed E-state index contributed by atoms with van der Waals surface area (Å²) in [6, 6.07) is 3.24. The fraction of sp³-hybridized carbons (Fsp3) is 0.500. The van der Waals surface area contributed by atoms with Crippen molar-refractivity contribution < 1.29 is 13.5 Å². The zero-order chi connectivity index (χ0) is 12.1. The van der Waals surface area contributed by atoms with Crippen molar-refractivity contribution in [2.75, 3.05) is 6.61 Å². The van der Waals surface area contributed by atoms with Gasteiger partial charge >= 0.3 is 0 Å². The number of hydrogen-bond acceptors (Lipinski definition) is 2. The van der Waals surface area contributed by atoms with Gasteiger partial charge in [-0.3, -0.25) is 0 Å². The summed E-state index contributed by atoms with van der Waals surface area (Å²) in [6.45, 7) is 4.19. The molecule has 0 saturated carbocycles. The number of ether oxygens (including phenoxy) is 1. The summed E-state index contributed by atoms with van der Waals surface area (Å²) in [6.07, 6.45) is 0.447. The van der Waals surface area contributed by atoms with Gasteiger partial charge in [-0.2, -0.15) is 0 Å². The lowest BCUT2D eigenvalue weighted by molar-refractivity contribution is 0.0683. The standard InChI is InChI=1S/C12H17F2NO/c1-8(2)16-7-11(15)5-9-3-4-10(13)6-12(9)14/h3-4,6,8,11H,5,7,15H2,1-2H3. The van der Waals surface area contributed by atoms with Crippen molar-refractivity contribution in [3.63, 3.8) is 0 Å². The first kappa shape index (κ1) is 13.1. The van der Waals surface area contributed by atoms with Crippen LogP contribution in [0.5, 0.6) is 0 Å². The Bertz CT molecular complexity index is 342. The Balaban J connectivity index is 2.52. The number of rotatable bonds is 5. The summed E-state index contributed by atoms with van der Waals surface area (Å²) in [7, 11) is 0. The van der Waals surface area contributed by atoms with Crippen LogP contribution in [0.4, 0.5) is 8.78 Å². The summed E-state index contributed by atoms with van der Waals surface area (Å²) in [4.78, 5) is 0. The van der Waals surface area contributed by atoms with E-state index >= 15 is 0 Å². The van der Waals surface area contributed by atoms with Crippen LogP contribution in [-0.4, -0.2) is 18.8 Å². The molecule has 1 aromatic carbocycles. The molecule has 0 spiro atoms. The summed E-state index contributed by atoms with van der Waals surface area (Å²) in [5.41, 5.74) is 6.19. The molecule has 16 heavy (non-hydrogen) atoms. The second kappa shape index (κ2) is 5.92. The van der Waals surface area contributed by atoms with Crippen LogP contribution in [-0.2, 0) is 11.2 Å². The molecule has 0 radical (unpaired) electrons. The normalized spacial score (nSPS) is 13.1. The van der Waals surface area contributed by atoms with Gasteiger partial charge in [0, 0.05) is 12.1 Å². The Hall–Kier alpha value is -1.00. The highest BCUT2D eigenvalue weighted by molar-refractivity contribution is 5.19. The smallest absolute Gasteiger partial charge is 0.129 e. The van der Waals surface area contributed by atoms with E-state index in [1.165, 1.54) is 12.1 Å². The molecule has 0 aliphatic heterocycles. The number of benzene rings is 1. The molecule has 0 aliphatic carbocycles. The van der Waals surface area contributed by atoms with E-state index in [2.05, 4.69) is 0 Å². The van der Waals surface area contributed by atoms with Crippen LogP contribution in [0.1, 0.15) is 19.4 Å². The van der Waals surface area contributed by atoms with Crippen molar-refractivity contribution in [1.29, 1.82) is 0 Å². The summed E-state index contributed by atoms with van der Waals surface area (Å²) >= 11 is 0. The van der Waals surface area contributed by atoms with Crippen LogP contribution in [0.3, 0.4) is 0 Å². The topological polar surface area (TPSA) is 35.2 Å². The number of hydrogen-bond donors (Lipinski definition) is 1. The molecule has 2 N–H and O–H groups in total. The molecule has 0 saturated heterocycles. The van der Waals surface area contributed by atoms with Gasteiger partial charge in [0.2, 0.25) is 0 Å². The second-order valence-electron chi connectivity index (χ2n) is 4.08. The molecule has 0 bridgehead atoms. The molecule has 1 rings (SSSR count). The Kier molecular flexibility index (Phi) is 4.83. The van der Waals surface area contributed by atoms with E-state index in [1.54, 1.807) is 0 Å². The molecular formula is C12H17F2NO. The highest BCUT2D eigenvalue weighted by atomic mass is 19.1. The van der Waals surface area contributed by atoms with E-state index in [0.717, 1.165) is 6.07 Å². The number of nitrogens with two attached hydrogens (primary N) is 1. The van der Waals surface area contributed by atoms with Gasteiger partial charge < -0.3 is 10.5 Å². The molecule has 4 heteroatoms. The van der Waals surface area contributed by atoms with Crippen molar-refractivity contribution >= 4 is 0 Å². The minimum absolute atomic E-state index is 0.101. The van der Waals surface area contributed by atoms with Crippen LogP contribution in [0.25, 0.3) is 0 Å². The minimum Gasteiger partial charge on any atom is -0.377 e. The van der Waals surface area contributed by atoms with Gasteiger partial charge in [0.25, 0.3) is 0 Å². The molecule has 0 aromatic heterocycles. The summed E-state index contributed by atoms with van der Waals surface area (Å²) < 4.78 is 31.2. The monoisotopic (exact) mass is 229 g/mol. The van der Waals surface area contributed by atoms with E-state index in [9.17, 15) is 8.78 Å². The molecule has 90 valence electrons. The molecule has 0 amide bonds. The third-order valence-electron chi connectivity index (χ3n) is 2.14. The van der Waals surface area contributed by atoms with Crippen molar-refractivity contribution in [3.8, 4) is 0 Å². The van der Waals surface area contributed by atoms with Crippen molar-refractivity contribution in [3.05, 3.63) is 35.4 Å². The first-order chi connectivity index (χ1) is 7.49. The van der Waals surface area contributed by atoms with Gasteiger partial charge in [-0.05, 0) is 31.9 Å². The average Bonchev–Trinajstić information content (AvgIpc) is 2.19. The van der Waals surface area contributed by atoms with Gasteiger partial charge in [0.15, 0.2) is 0 Å². The Morgan fingerprint density at radius 3 is 2.56 bits per heavy atom. The van der Waals surface area contributed by atoms with E-state index in [-0.39, 0.29) is 12.1 Å². The van der Waals surface area contributed by atoms with Gasteiger partial charge in [-0.1, -0.05) is 6.07 Å². The highest BCUT2D eigenvalue weighted by Crippen LogP contribution is 2.11. The van der Waals surface area contributed by atoms with Crippen molar-refractivity contribution in [1.82, 2.24) is 0 Å². The van der Waals surface area contributed by atoms with Gasteiger partial charge in [0.05, 0.1) is 12.7 Å². The van der Waals surface area contributed by atoms with E-state index < -0.39 is 11.6 Å². The second-order valence-corrected chi connectivity index (χ2v) is 4.08. The third kappa shape index (κ3) is 4.24. The molecule has 0 aliphatic rings. The van der Waals surface area contributed by atoms with Gasteiger partial charge in [-0.15, -0.1) is 0 Å². The van der Waals surface area contributed by atoms with E-state index in [1.807, 2.05) is 13.8 Å². The zero-order valence-electron chi connectivity index (χ0n) is 9.54. The summed E-state index contributed by atoms with van der Waals surface area (Å²) in [5, 5.41) is 0. The molecule has 0 fully saturated rings. The van der Waals surface area contributed by atoms with Crippen molar-refractivity contribution in [2.45, 2.75) is 32.4 Å². The first-order valence-electron chi connectivity index (χ1n) is 5.30. The maximum absolute atomic E-state index is 13.3. The fourth-order valence-corrected chi connectivity index (χ4v) is 1.34. The predicted octanol–water partition coefficient (Wildman–Crippen LogP) is 2.26. The zero-order valence-corrected chi connectivity index (χ0v) is 9.54. The maximum Gasteiger partial charge on any atom is 0.129 e. The Morgan fingerprint density at radius 1 is 1.31 bits per heavy atom. The van der Waals surface area contributed by atoms with Gasteiger partial charge in [0.1, 0.15) is 11.6 Å². The Morgan fingerprint density at radius 2 is 2.00 bits per heavy atom. The van der Waals surface area contributed by atoms with Crippen molar-refractivity contribution in [2.24, 2.45) is 5.73 Å². The molecule has 0 heterocycles. The summed E-state index contributed by atoms with van der Waals surface area (Å²) in [5.74, 6) is -1.13. The largest absolute Gasteiger partial charge is 0.377 e. The molecule has 1 aromatic rings. The SMILES string of the molecule is CC(C)OCC(N)Cc1ccc(F)cc1F. The molecular weight excluding hydrogens is 212 g/mol. The fourth-order valence-electron chi connectivity index (χ4n) is 1.34. The average molecular weight is 229 g/mol. The molecule has 1 atom stereocenters. The van der Waals surface area contributed by atoms with Crippen LogP contribution in [0, 0.1) is 11.6 Å². The maximum atomic E-state index is 13.3. The third-order valence-corrected chi connectivity index (χ3v) is 2.14. The predicted molar refractivity (Wildman–Crippen MR) is 59.1 cm³/mol. The quantitative estimate of drug-likeness (QED) is 0.840. The van der Waals surface area contributed by atoms with E-state index in [0.29, 0.717) is 18.6 Å². The lowest BCUT2D eigenvalue weighted by Crippen LogP contribution is -2.30. The van der Waals surface area contributed by atoms with Crippen LogP contribution < -0.4 is 5.73 Å². The van der Waals surface area contributed by atoms with Crippen LogP contribution in [0.2, 0.25) is 0 Å². The molecule has 1 unspecified atom stereocenters. The van der Waals surface area contributed by atoms with E-state index in [4.69, 9.17) is 10.5 Å². The lowest BCUT2D eigenvalue weighted by atomic mass is 10.1.